The fraction of sp³-hybridized carbons (Fsp3) is 0.333. The van der Waals surface area contributed by atoms with Crippen molar-refractivity contribution < 1.29 is 4.74 Å². The minimum atomic E-state index is 0.843. The van der Waals surface area contributed by atoms with Crippen LogP contribution in [0.3, 0.4) is 0 Å². The molecule has 124 valence electrons. The molecule has 0 saturated carbocycles. The molecule has 0 N–H and O–H groups in total. The van der Waals surface area contributed by atoms with Gasteiger partial charge in [0.1, 0.15) is 5.75 Å². The minimum Gasteiger partial charge on any atom is -0.497 e. The zero-order valence-electron chi connectivity index (χ0n) is 14.0. The average molecular weight is 323 g/mol. The highest BCUT2D eigenvalue weighted by atomic mass is 16.5. The number of fused-ring (bicyclic) bond motifs is 1. The molecule has 1 aliphatic heterocycles. The van der Waals surface area contributed by atoms with E-state index in [-0.39, 0.29) is 0 Å². The van der Waals surface area contributed by atoms with Crippen LogP contribution in [0.25, 0.3) is 16.9 Å². The molecule has 24 heavy (non-hydrogen) atoms. The number of piperazine rings is 1. The Morgan fingerprint density at radius 1 is 1.08 bits per heavy atom. The summed E-state index contributed by atoms with van der Waals surface area (Å²) in [5.74, 6) is 1.80. The fourth-order valence-electron chi connectivity index (χ4n) is 3.14. The van der Waals surface area contributed by atoms with Crippen LogP contribution >= 0.6 is 0 Å². The van der Waals surface area contributed by atoms with E-state index in [9.17, 15) is 0 Å². The van der Waals surface area contributed by atoms with Crippen molar-refractivity contribution in [3.63, 3.8) is 0 Å². The van der Waals surface area contributed by atoms with Gasteiger partial charge in [-0.25, -0.2) is 9.97 Å². The van der Waals surface area contributed by atoms with E-state index in [2.05, 4.69) is 37.3 Å². The molecular weight excluding hydrogens is 302 g/mol. The third kappa shape index (κ3) is 2.59. The standard InChI is InChI=1S/C18H21N5O/c1-21-8-10-22(11-9-21)17-18-20-13-16(23(18)7-6-19-17)14-4-3-5-15(12-14)24-2/h3-7,12-13H,8-11H2,1-2H3. The van der Waals surface area contributed by atoms with Crippen molar-refractivity contribution in [3.05, 3.63) is 42.9 Å². The summed E-state index contributed by atoms with van der Waals surface area (Å²) >= 11 is 0. The lowest BCUT2D eigenvalue weighted by atomic mass is 10.1. The van der Waals surface area contributed by atoms with E-state index < -0.39 is 0 Å². The van der Waals surface area contributed by atoms with Gasteiger partial charge in [-0.15, -0.1) is 0 Å². The molecule has 1 saturated heterocycles. The quantitative estimate of drug-likeness (QED) is 0.739. The molecule has 1 aliphatic rings. The van der Waals surface area contributed by atoms with Crippen LogP contribution in [0.15, 0.2) is 42.9 Å². The number of methoxy groups -OCH3 is 1. The Kier molecular flexibility index (Phi) is 3.82. The monoisotopic (exact) mass is 323 g/mol. The molecule has 3 aromatic rings. The maximum atomic E-state index is 5.34. The lowest BCUT2D eigenvalue weighted by molar-refractivity contribution is 0.312. The predicted molar refractivity (Wildman–Crippen MR) is 94.7 cm³/mol. The fourth-order valence-corrected chi connectivity index (χ4v) is 3.14. The highest BCUT2D eigenvalue weighted by Crippen LogP contribution is 2.27. The first-order valence-electron chi connectivity index (χ1n) is 8.16. The topological polar surface area (TPSA) is 45.9 Å². The van der Waals surface area contributed by atoms with Crippen LogP contribution in [0, 0.1) is 0 Å². The van der Waals surface area contributed by atoms with Crippen LogP contribution in [-0.4, -0.2) is 59.6 Å². The third-order valence-electron chi connectivity index (χ3n) is 4.58. The molecule has 0 atom stereocenters. The van der Waals surface area contributed by atoms with Crippen molar-refractivity contribution in [3.8, 4) is 17.0 Å². The molecule has 0 amide bonds. The second-order valence-corrected chi connectivity index (χ2v) is 6.11. The maximum absolute atomic E-state index is 5.34. The second-order valence-electron chi connectivity index (χ2n) is 6.11. The molecule has 0 unspecified atom stereocenters. The first kappa shape index (κ1) is 15.0. The molecular formula is C18H21N5O. The van der Waals surface area contributed by atoms with Gasteiger partial charge in [-0.05, 0) is 19.2 Å². The largest absolute Gasteiger partial charge is 0.497 e. The van der Waals surface area contributed by atoms with Crippen molar-refractivity contribution in [2.45, 2.75) is 0 Å². The maximum Gasteiger partial charge on any atom is 0.180 e. The molecule has 4 rings (SSSR count). The van der Waals surface area contributed by atoms with Gasteiger partial charge in [-0.2, -0.15) is 0 Å². The lowest BCUT2D eigenvalue weighted by Crippen LogP contribution is -2.45. The summed E-state index contributed by atoms with van der Waals surface area (Å²) in [5, 5.41) is 0. The van der Waals surface area contributed by atoms with Gasteiger partial charge in [0.15, 0.2) is 11.5 Å². The van der Waals surface area contributed by atoms with E-state index in [1.165, 1.54) is 0 Å². The first-order valence-corrected chi connectivity index (χ1v) is 8.16. The number of anilines is 1. The van der Waals surface area contributed by atoms with Crippen molar-refractivity contribution in [1.82, 2.24) is 19.3 Å². The highest BCUT2D eigenvalue weighted by Gasteiger charge is 2.19. The molecule has 0 radical (unpaired) electrons. The summed E-state index contributed by atoms with van der Waals surface area (Å²) in [6.07, 6.45) is 5.73. The van der Waals surface area contributed by atoms with E-state index in [4.69, 9.17) is 4.74 Å². The van der Waals surface area contributed by atoms with E-state index >= 15 is 0 Å². The zero-order valence-corrected chi connectivity index (χ0v) is 14.0. The van der Waals surface area contributed by atoms with E-state index in [0.29, 0.717) is 0 Å². The Bertz CT molecular complexity index is 851. The number of hydrogen-bond acceptors (Lipinski definition) is 5. The molecule has 1 fully saturated rings. The molecule has 0 spiro atoms. The molecule has 0 bridgehead atoms. The lowest BCUT2D eigenvalue weighted by Gasteiger charge is -2.33. The third-order valence-corrected chi connectivity index (χ3v) is 4.58. The Morgan fingerprint density at radius 3 is 2.71 bits per heavy atom. The Morgan fingerprint density at radius 2 is 1.92 bits per heavy atom. The van der Waals surface area contributed by atoms with Gasteiger partial charge in [-0.3, -0.25) is 4.40 Å². The van der Waals surface area contributed by atoms with Gasteiger partial charge in [0.2, 0.25) is 0 Å². The molecule has 1 aromatic carbocycles. The summed E-state index contributed by atoms with van der Waals surface area (Å²) in [6.45, 7) is 4.05. The number of benzene rings is 1. The number of nitrogens with zero attached hydrogens (tertiary/aromatic N) is 5. The van der Waals surface area contributed by atoms with Crippen molar-refractivity contribution in [1.29, 1.82) is 0 Å². The van der Waals surface area contributed by atoms with Gasteiger partial charge >= 0.3 is 0 Å². The Hall–Kier alpha value is -2.60. The number of ether oxygens (including phenoxy) is 1. The Balaban J connectivity index is 1.76. The number of likely N-dealkylation sites (N-methyl/N-ethyl adjacent to an activating group) is 1. The minimum absolute atomic E-state index is 0.843. The van der Waals surface area contributed by atoms with Crippen LogP contribution in [0.1, 0.15) is 0 Å². The van der Waals surface area contributed by atoms with E-state index in [1.54, 1.807) is 7.11 Å². The predicted octanol–water partition coefficient (Wildman–Crippen LogP) is 2.16. The van der Waals surface area contributed by atoms with Gasteiger partial charge < -0.3 is 14.5 Å². The summed E-state index contributed by atoms with van der Waals surface area (Å²) < 4.78 is 7.45. The number of imidazole rings is 1. The highest BCUT2D eigenvalue weighted by molar-refractivity contribution is 5.72. The summed E-state index contributed by atoms with van der Waals surface area (Å²) in [6, 6.07) is 8.04. The second kappa shape index (κ2) is 6.13. The summed E-state index contributed by atoms with van der Waals surface area (Å²) in [4.78, 5) is 13.9. The van der Waals surface area contributed by atoms with Gasteiger partial charge in [-0.1, -0.05) is 12.1 Å². The first-order chi connectivity index (χ1) is 11.8. The van der Waals surface area contributed by atoms with Crippen LogP contribution in [0.5, 0.6) is 5.75 Å². The number of hydrogen-bond donors (Lipinski definition) is 0. The van der Waals surface area contributed by atoms with Gasteiger partial charge in [0, 0.05) is 44.1 Å². The number of rotatable bonds is 3. The van der Waals surface area contributed by atoms with Gasteiger partial charge in [0.05, 0.1) is 19.0 Å². The number of aromatic nitrogens is 3. The molecule has 0 aliphatic carbocycles. The van der Waals surface area contributed by atoms with Crippen LogP contribution in [0.4, 0.5) is 5.82 Å². The Labute approximate surface area is 141 Å². The summed E-state index contributed by atoms with van der Waals surface area (Å²) in [7, 11) is 3.84. The van der Waals surface area contributed by atoms with Crippen LogP contribution in [0.2, 0.25) is 0 Å². The molecule has 6 heteroatoms. The van der Waals surface area contributed by atoms with E-state index in [0.717, 1.165) is 54.7 Å². The average Bonchev–Trinajstić information content (AvgIpc) is 3.07. The van der Waals surface area contributed by atoms with Crippen LogP contribution < -0.4 is 9.64 Å². The zero-order chi connectivity index (χ0) is 16.5. The van der Waals surface area contributed by atoms with Crippen molar-refractivity contribution in [2.75, 3.05) is 45.2 Å². The van der Waals surface area contributed by atoms with Crippen molar-refractivity contribution in [2.24, 2.45) is 0 Å². The summed E-state index contributed by atoms with van der Waals surface area (Å²) in [5.41, 5.74) is 3.03. The normalized spacial score (nSPS) is 15.8. The molecule has 6 nitrogen and oxygen atoms in total. The molecule has 2 aromatic heterocycles. The van der Waals surface area contributed by atoms with Crippen molar-refractivity contribution >= 4 is 11.5 Å². The van der Waals surface area contributed by atoms with E-state index in [1.807, 2.05) is 36.8 Å². The van der Waals surface area contributed by atoms with Gasteiger partial charge in [0.25, 0.3) is 0 Å². The SMILES string of the molecule is COc1cccc(-c2cnc3c(N4CCN(C)CC4)nccn23)c1. The smallest absolute Gasteiger partial charge is 0.180 e. The molecule has 3 heterocycles. The van der Waals surface area contributed by atoms with Crippen LogP contribution in [-0.2, 0) is 0 Å².